The molecule has 0 bridgehead atoms. The number of hydrogen-bond donors (Lipinski definition) is 1. The molecule has 1 rings (SSSR count). The number of hydrogen-bond acceptors (Lipinski definition) is 6. The van der Waals surface area contributed by atoms with E-state index >= 15 is 0 Å². The second-order valence-corrected chi connectivity index (χ2v) is 5.20. The average Bonchev–Trinajstić information content (AvgIpc) is 2.43. The first-order chi connectivity index (χ1) is 9.67. The van der Waals surface area contributed by atoms with Crippen molar-refractivity contribution in [1.29, 1.82) is 0 Å². The second kappa shape index (κ2) is 6.34. The van der Waals surface area contributed by atoms with Gasteiger partial charge in [-0.15, -0.1) is 0 Å². The standard InChI is InChI=1S/C14H18N2O5/c1-14(2,3)21-12(18)8-6-9(11(17)15-4)16-10(7-8)13(19)20-5/h6-7H,1-5H3,(H,15,17). The summed E-state index contributed by atoms with van der Waals surface area (Å²) in [6.07, 6.45) is 0. The van der Waals surface area contributed by atoms with Gasteiger partial charge in [0.05, 0.1) is 12.7 Å². The molecule has 0 saturated heterocycles. The molecule has 0 aliphatic rings. The maximum Gasteiger partial charge on any atom is 0.356 e. The van der Waals surface area contributed by atoms with Crippen molar-refractivity contribution in [3.05, 3.63) is 29.1 Å². The SMILES string of the molecule is CNC(=O)c1cc(C(=O)OC(C)(C)C)cc(C(=O)OC)n1. The minimum absolute atomic E-state index is 0.0546. The van der Waals surface area contributed by atoms with Crippen molar-refractivity contribution in [2.24, 2.45) is 0 Å². The fourth-order valence-electron chi connectivity index (χ4n) is 1.44. The molecule has 0 aliphatic heterocycles. The Morgan fingerprint density at radius 1 is 1.10 bits per heavy atom. The molecule has 7 heteroatoms. The molecule has 0 aliphatic carbocycles. The van der Waals surface area contributed by atoms with E-state index in [1.165, 1.54) is 26.3 Å². The van der Waals surface area contributed by atoms with Gasteiger partial charge in [0.2, 0.25) is 0 Å². The van der Waals surface area contributed by atoms with E-state index < -0.39 is 23.4 Å². The van der Waals surface area contributed by atoms with Crippen LogP contribution in [0.5, 0.6) is 0 Å². The van der Waals surface area contributed by atoms with Gasteiger partial charge in [-0.05, 0) is 32.9 Å². The van der Waals surface area contributed by atoms with Crippen LogP contribution in [-0.2, 0) is 9.47 Å². The highest BCUT2D eigenvalue weighted by Crippen LogP contribution is 2.14. The first-order valence-electron chi connectivity index (χ1n) is 6.23. The molecule has 0 aromatic carbocycles. The number of carbonyl (C=O) groups is 3. The van der Waals surface area contributed by atoms with Gasteiger partial charge in [-0.1, -0.05) is 0 Å². The summed E-state index contributed by atoms with van der Waals surface area (Å²) in [4.78, 5) is 39.1. The number of nitrogens with one attached hydrogen (secondary N) is 1. The quantitative estimate of drug-likeness (QED) is 0.841. The maximum atomic E-state index is 12.1. The van der Waals surface area contributed by atoms with E-state index in [4.69, 9.17) is 4.74 Å². The number of carbonyl (C=O) groups excluding carboxylic acids is 3. The molecule has 0 atom stereocenters. The van der Waals surface area contributed by atoms with E-state index in [9.17, 15) is 14.4 Å². The average molecular weight is 294 g/mol. The van der Waals surface area contributed by atoms with Crippen LogP contribution >= 0.6 is 0 Å². The third-order valence-electron chi connectivity index (χ3n) is 2.31. The van der Waals surface area contributed by atoms with Crippen molar-refractivity contribution < 1.29 is 23.9 Å². The lowest BCUT2D eigenvalue weighted by atomic mass is 10.1. The van der Waals surface area contributed by atoms with Crippen LogP contribution in [0.1, 0.15) is 52.1 Å². The summed E-state index contributed by atoms with van der Waals surface area (Å²) in [6, 6.07) is 2.49. The van der Waals surface area contributed by atoms with Gasteiger partial charge >= 0.3 is 11.9 Å². The summed E-state index contributed by atoms with van der Waals surface area (Å²) in [7, 11) is 2.60. The number of aromatic nitrogens is 1. The Morgan fingerprint density at radius 2 is 1.67 bits per heavy atom. The number of esters is 2. The van der Waals surface area contributed by atoms with E-state index in [-0.39, 0.29) is 17.0 Å². The predicted octanol–water partition coefficient (Wildman–Crippen LogP) is 1.18. The number of nitrogens with zero attached hydrogens (tertiary/aromatic N) is 1. The molecule has 114 valence electrons. The van der Waals surface area contributed by atoms with Gasteiger partial charge in [0.25, 0.3) is 5.91 Å². The fourth-order valence-corrected chi connectivity index (χ4v) is 1.44. The van der Waals surface area contributed by atoms with Gasteiger partial charge in [-0.3, -0.25) is 4.79 Å². The van der Waals surface area contributed by atoms with Gasteiger partial charge in [-0.25, -0.2) is 14.6 Å². The smallest absolute Gasteiger partial charge is 0.356 e. The molecule has 1 aromatic heterocycles. The summed E-state index contributed by atoms with van der Waals surface area (Å²) in [5.41, 5.74) is -0.849. The van der Waals surface area contributed by atoms with Gasteiger partial charge in [0, 0.05) is 7.05 Å². The van der Waals surface area contributed by atoms with Crippen LogP contribution in [0.15, 0.2) is 12.1 Å². The van der Waals surface area contributed by atoms with Gasteiger partial charge in [0.15, 0.2) is 0 Å². The largest absolute Gasteiger partial charge is 0.464 e. The van der Waals surface area contributed by atoms with Gasteiger partial charge in [0.1, 0.15) is 17.0 Å². The van der Waals surface area contributed by atoms with Crippen LogP contribution in [0.2, 0.25) is 0 Å². The molecule has 1 N–H and O–H groups in total. The minimum atomic E-state index is -0.745. The van der Waals surface area contributed by atoms with Crippen LogP contribution < -0.4 is 5.32 Å². The van der Waals surface area contributed by atoms with Crippen LogP contribution in [0.3, 0.4) is 0 Å². The zero-order valence-corrected chi connectivity index (χ0v) is 12.6. The van der Waals surface area contributed by atoms with Gasteiger partial charge in [-0.2, -0.15) is 0 Å². The molecule has 0 unspecified atom stereocenters. The van der Waals surface area contributed by atoms with E-state index in [0.29, 0.717) is 0 Å². The third kappa shape index (κ3) is 4.55. The van der Waals surface area contributed by atoms with Crippen LogP contribution in [0, 0.1) is 0 Å². The second-order valence-electron chi connectivity index (χ2n) is 5.20. The topological polar surface area (TPSA) is 94.6 Å². The highest BCUT2D eigenvalue weighted by molar-refractivity contribution is 5.99. The van der Waals surface area contributed by atoms with Crippen LogP contribution in [0.25, 0.3) is 0 Å². The third-order valence-corrected chi connectivity index (χ3v) is 2.31. The molecular formula is C14H18N2O5. The summed E-state index contributed by atoms with van der Waals surface area (Å²) in [6.45, 7) is 5.15. The highest BCUT2D eigenvalue weighted by atomic mass is 16.6. The zero-order valence-electron chi connectivity index (χ0n) is 12.6. The van der Waals surface area contributed by atoms with Crippen LogP contribution in [-0.4, -0.2) is 42.6 Å². The summed E-state index contributed by atoms with van der Waals surface area (Å²) in [5.74, 6) is -1.92. The Morgan fingerprint density at radius 3 is 2.14 bits per heavy atom. The lowest BCUT2D eigenvalue weighted by Gasteiger charge is -2.19. The van der Waals surface area contributed by atoms with E-state index in [1.54, 1.807) is 20.8 Å². The lowest BCUT2D eigenvalue weighted by Crippen LogP contribution is -2.26. The molecule has 21 heavy (non-hydrogen) atoms. The summed E-state index contributed by atoms with van der Waals surface area (Å²) >= 11 is 0. The predicted molar refractivity (Wildman–Crippen MR) is 74.1 cm³/mol. The van der Waals surface area contributed by atoms with E-state index in [1.807, 2.05) is 0 Å². The Hall–Kier alpha value is -2.44. The number of methoxy groups -OCH3 is 1. The number of pyridine rings is 1. The molecule has 0 fully saturated rings. The molecule has 7 nitrogen and oxygen atoms in total. The van der Waals surface area contributed by atoms with Crippen molar-refractivity contribution >= 4 is 17.8 Å². The normalized spacial score (nSPS) is 10.7. The Labute approximate surface area is 122 Å². The summed E-state index contributed by atoms with van der Waals surface area (Å²) in [5, 5.41) is 2.37. The maximum absolute atomic E-state index is 12.1. The fraction of sp³-hybridized carbons (Fsp3) is 0.429. The Balaban J connectivity index is 3.28. The molecule has 0 saturated carbocycles. The Kier molecular flexibility index (Phi) is 5.02. The zero-order chi connectivity index (χ0) is 16.2. The monoisotopic (exact) mass is 294 g/mol. The van der Waals surface area contributed by atoms with Crippen molar-refractivity contribution in [1.82, 2.24) is 10.3 Å². The number of amides is 1. The highest BCUT2D eigenvalue weighted by Gasteiger charge is 2.22. The van der Waals surface area contributed by atoms with E-state index in [2.05, 4.69) is 15.0 Å². The number of rotatable bonds is 3. The molecule has 1 aromatic rings. The molecule has 0 spiro atoms. The first-order valence-corrected chi connectivity index (χ1v) is 6.23. The van der Waals surface area contributed by atoms with Crippen molar-refractivity contribution in [2.45, 2.75) is 26.4 Å². The van der Waals surface area contributed by atoms with Crippen molar-refractivity contribution in [2.75, 3.05) is 14.2 Å². The molecule has 1 heterocycles. The molecular weight excluding hydrogens is 276 g/mol. The minimum Gasteiger partial charge on any atom is -0.464 e. The van der Waals surface area contributed by atoms with Gasteiger partial charge < -0.3 is 14.8 Å². The van der Waals surface area contributed by atoms with E-state index in [0.717, 1.165) is 0 Å². The summed E-state index contributed by atoms with van der Waals surface area (Å²) < 4.78 is 9.77. The number of ether oxygens (including phenoxy) is 2. The Bertz CT molecular complexity index is 541. The van der Waals surface area contributed by atoms with Crippen LogP contribution in [0.4, 0.5) is 0 Å². The van der Waals surface area contributed by atoms with Crippen molar-refractivity contribution in [3.8, 4) is 0 Å². The first kappa shape index (κ1) is 16.6. The molecule has 1 amide bonds. The lowest BCUT2D eigenvalue weighted by molar-refractivity contribution is 0.00693. The molecule has 0 radical (unpaired) electrons. The van der Waals surface area contributed by atoms with Crippen molar-refractivity contribution in [3.63, 3.8) is 0 Å².